The van der Waals surface area contributed by atoms with E-state index < -0.39 is 0 Å². The van der Waals surface area contributed by atoms with E-state index in [4.69, 9.17) is 14.2 Å². The minimum Gasteiger partial charge on any atom is -0.493 e. The van der Waals surface area contributed by atoms with Gasteiger partial charge < -0.3 is 24.8 Å². The van der Waals surface area contributed by atoms with E-state index >= 15 is 0 Å². The van der Waals surface area contributed by atoms with Crippen molar-refractivity contribution in [1.29, 1.82) is 0 Å². The standard InChI is InChI=1S/C24H24N6O4/c1-32-20-13-18(14-21(33-2)22(20)34-3)27-23-26-10-8-19(29-23)16-6-4-7-17(12-16)28-24(31)30-11-5-9-25-15-30/h4-14H,15H2,1-3H3,(H,28,31)(H,26,27,29). The van der Waals surface area contributed by atoms with Crippen molar-refractivity contribution in [2.24, 2.45) is 4.99 Å². The van der Waals surface area contributed by atoms with E-state index in [1.165, 1.54) is 4.90 Å². The van der Waals surface area contributed by atoms with Gasteiger partial charge in [-0.05, 0) is 24.3 Å². The molecule has 0 radical (unpaired) electrons. The van der Waals surface area contributed by atoms with Crippen molar-refractivity contribution in [2.45, 2.75) is 0 Å². The molecule has 0 spiro atoms. The van der Waals surface area contributed by atoms with Crippen molar-refractivity contribution in [3.63, 3.8) is 0 Å². The molecule has 2 aromatic carbocycles. The van der Waals surface area contributed by atoms with E-state index in [9.17, 15) is 4.79 Å². The van der Waals surface area contributed by atoms with Crippen molar-refractivity contribution in [1.82, 2.24) is 14.9 Å². The third-order valence-electron chi connectivity index (χ3n) is 4.94. The molecule has 2 heterocycles. The quantitative estimate of drug-likeness (QED) is 0.541. The van der Waals surface area contributed by atoms with Crippen LogP contribution in [-0.2, 0) is 0 Å². The summed E-state index contributed by atoms with van der Waals surface area (Å²) in [7, 11) is 4.66. The second-order valence-corrected chi connectivity index (χ2v) is 7.10. The molecule has 174 valence electrons. The Morgan fingerprint density at radius 2 is 1.79 bits per heavy atom. The van der Waals surface area contributed by atoms with E-state index in [1.54, 1.807) is 64.2 Å². The summed E-state index contributed by atoms with van der Waals surface area (Å²) in [5.41, 5.74) is 2.82. The number of methoxy groups -OCH3 is 3. The van der Waals surface area contributed by atoms with E-state index in [1.807, 2.05) is 24.3 Å². The third kappa shape index (κ3) is 5.07. The lowest BCUT2D eigenvalue weighted by Crippen LogP contribution is -2.31. The first-order valence-electron chi connectivity index (χ1n) is 10.4. The SMILES string of the molecule is COc1cc(Nc2nccc(-c3cccc(NC(=O)N4C=CC=NC4)c3)n2)cc(OC)c1OC. The molecule has 3 aromatic rings. The number of hydrogen-bond acceptors (Lipinski definition) is 8. The van der Waals surface area contributed by atoms with E-state index in [2.05, 4.69) is 25.6 Å². The van der Waals surface area contributed by atoms with Gasteiger partial charge in [0.25, 0.3) is 0 Å². The number of allylic oxidation sites excluding steroid dienone is 1. The summed E-state index contributed by atoms with van der Waals surface area (Å²) in [5, 5.41) is 6.05. The fraction of sp³-hybridized carbons (Fsp3) is 0.167. The number of aliphatic imine (C=N–C) groups is 1. The van der Waals surface area contributed by atoms with Gasteiger partial charge in [-0.3, -0.25) is 9.89 Å². The van der Waals surface area contributed by atoms with Crippen LogP contribution >= 0.6 is 0 Å². The summed E-state index contributed by atoms with van der Waals surface area (Å²) >= 11 is 0. The summed E-state index contributed by atoms with van der Waals surface area (Å²) in [4.78, 5) is 26.9. The van der Waals surface area contributed by atoms with Gasteiger partial charge >= 0.3 is 6.03 Å². The van der Waals surface area contributed by atoms with Crippen molar-refractivity contribution in [3.8, 4) is 28.5 Å². The average Bonchev–Trinajstić information content (AvgIpc) is 2.89. The van der Waals surface area contributed by atoms with Crippen LogP contribution in [0.2, 0.25) is 0 Å². The number of carbonyl (C=O) groups is 1. The maximum absolute atomic E-state index is 12.4. The van der Waals surface area contributed by atoms with E-state index in [-0.39, 0.29) is 12.7 Å². The number of aromatic nitrogens is 2. The summed E-state index contributed by atoms with van der Waals surface area (Å²) < 4.78 is 16.2. The van der Waals surface area contributed by atoms with Crippen LogP contribution in [0.25, 0.3) is 11.3 Å². The number of nitrogens with one attached hydrogen (secondary N) is 2. The van der Waals surface area contributed by atoms with Gasteiger partial charge in [0, 0.05) is 47.7 Å². The minimum absolute atomic E-state index is 0.266. The zero-order chi connectivity index (χ0) is 23.9. The maximum atomic E-state index is 12.4. The van der Waals surface area contributed by atoms with Crippen LogP contribution in [0, 0.1) is 0 Å². The summed E-state index contributed by atoms with van der Waals surface area (Å²) in [6, 6.07) is 12.5. The molecule has 4 rings (SSSR count). The fourth-order valence-corrected chi connectivity index (χ4v) is 3.33. The number of carbonyl (C=O) groups excluding carboxylic acids is 1. The molecule has 10 nitrogen and oxygen atoms in total. The molecule has 0 fully saturated rings. The zero-order valence-corrected chi connectivity index (χ0v) is 19.0. The molecular weight excluding hydrogens is 436 g/mol. The minimum atomic E-state index is -0.266. The molecule has 1 aromatic heterocycles. The second kappa shape index (κ2) is 10.3. The molecule has 1 aliphatic heterocycles. The molecule has 0 saturated carbocycles. The van der Waals surface area contributed by atoms with Crippen molar-refractivity contribution in [3.05, 3.63) is 60.9 Å². The van der Waals surface area contributed by atoms with Crippen LogP contribution in [-0.4, -0.2) is 55.1 Å². The Bertz CT molecular complexity index is 1220. The highest BCUT2D eigenvalue weighted by atomic mass is 16.5. The third-order valence-corrected chi connectivity index (χ3v) is 4.94. The monoisotopic (exact) mass is 460 g/mol. The number of rotatable bonds is 7. The highest BCUT2D eigenvalue weighted by molar-refractivity contribution is 5.91. The summed E-state index contributed by atoms with van der Waals surface area (Å²) in [5.74, 6) is 1.91. The highest BCUT2D eigenvalue weighted by Crippen LogP contribution is 2.40. The molecule has 2 N–H and O–H groups in total. The zero-order valence-electron chi connectivity index (χ0n) is 19.0. The van der Waals surface area contributed by atoms with Crippen LogP contribution in [0.3, 0.4) is 0 Å². The molecule has 0 saturated heterocycles. The highest BCUT2D eigenvalue weighted by Gasteiger charge is 2.15. The average molecular weight is 460 g/mol. The lowest BCUT2D eigenvalue weighted by Gasteiger charge is -2.18. The maximum Gasteiger partial charge on any atom is 0.327 e. The normalized spacial score (nSPS) is 12.3. The molecule has 1 aliphatic rings. The Morgan fingerprint density at radius 3 is 2.47 bits per heavy atom. The number of urea groups is 1. The van der Waals surface area contributed by atoms with Crippen LogP contribution in [0.1, 0.15) is 0 Å². The van der Waals surface area contributed by atoms with Crippen molar-refractivity contribution < 1.29 is 19.0 Å². The Kier molecular flexibility index (Phi) is 6.87. The predicted molar refractivity (Wildman–Crippen MR) is 130 cm³/mol. The Balaban J connectivity index is 1.54. The smallest absolute Gasteiger partial charge is 0.327 e. The van der Waals surface area contributed by atoms with Gasteiger partial charge in [-0.15, -0.1) is 0 Å². The molecule has 0 aliphatic carbocycles. The number of anilines is 3. The molecular formula is C24H24N6O4. The first kappa shape index (κ1) is 22.6. The van der Waals surface area contributed by atoms with Crippen molar-refractivity contribution in [2.75, 3.05) is 38.6 Å². The van der Waals surface area contributed by atoms with Gasteiger partial charge in [0.15, 0.2) is 11.5 Å². The fourth-order valence-electron chi connectivity index (χ4n) is 3.33. The van der Waals surface area contributed by atoms with Gasteiger partial charge in [-0.1, -0.05) is 12.1 Å². The summed E-state index contributed by atoms with van der Waals surface area (Å²) in [6.07, 6.45) is 6.70. The molecule has 0 atom stereocenters. The molecule has 0 unspecified atom stereocenters. The molecule has 2 amide bonds. The number of benzene rings is 2. The number of ether oxygens (including phenoxy) is 3. The topological polar surface area (TPSA) is 110 Å². The van der Waals surface area contributed by atoms with Crippen LogP contribution in [0.15, 0.2) is 65.9 Å². The lowest BCUT2D eigenvalue weighted by atomic mass is 10.1. The molecule has 10 heteroatoms. The molecule has 0 bridgehead atoms. The van der Waals surface area contributed by atoms with Gasteiger partial charge in [0.1, 0.15) is 6.67 Å². The lowest BCUT2D eigenvalue weighted by molar-refractivity contribution is 0.229. The van der Waals surface area contributed by atoms with E-state index in [0.29, 0.717) is 40.3 Å². The Morgan fingerprint density at radius 1 is 1.00 bits per heavy atom. The molecule has 34 heavy (non-hydrogen) atoms. The number of nitrogens with zero attached hydrogens (tertiary/aromatic N) is 4. The summed E-state index contributed by atoms with van der Waals surface area (Å²) in [6.45, 7) is 0.282. The van der Waals surface area contributed by atoms with Gasteiger partial charge in [0.2, 0.25) is 11.7 Å². The first-order valence-corrected chi connectivity index (χ1v) is 10.4. The van der Waals surface area contributed by atoms with E-state index in [0.717, 1.165) is 5.56 Å². The first-order chi connectivity index (χ1) is 16.6. The van der Waals surface area contributed by atoms with Gasteiger partial charge in [0.05, 0.1) is 27.0 Å². The van der Waals surface area contributed by atoms with Crippen LogP contribution < -0.4 is 24.8 Å². The predicted octanol–water partition coefficient (Wildman–Crippen LogP) is 4.30. The van der Waals surface area contributed by atoms with Crippen LogP contribution in [0.4, 0.5) is 22.1 Å². The second-order valence-electron chi connectivity index (χ2n) is 7.10. The number of hydrogen-bond donors (Lipinski definition) is 2. The van der Waals surface area contributed by atoms with Crippen LogP contribution in [0.5, 0.6) is 17.2 Å². The Hall–Kier alpha value is -4.60. The largest absolute Gasteiger partial charge is 0.493 e. The van der Waals surface area contributed by atoms with Gasteiger partial charge in [-0.25, -0.2) is 14.8 Å². The number of amides is 2. The van der Waals surface area contributed by atoms with Gasteiger partial charge in [-0.2, -0.15) is 0 Å². The van der Waals surface area contributed by atoms with Crippen molar-refractivity contribution >= 4 is 29.6 Å². The Labute approximate surface area is 196 Å².